The second-order valence-electron chi connectivity index (χ2n) is 5.31. The predicted octanol–water partition coefficient (Wildman–Crippen LogP) is 3.27. The molecule has 1 aliphatic rings. The third-order valence-corrected chi connectivity index (χ3v) is 3.75. The predicted molar refractivity (Wildman–Crippen MR) is 86.8 cm³/mol. The average molecular weight is 286 g/mol. The number of aliphatic imine (C=N–C) groups is 1. The van der Waals surface area contributed by atoms with Gasteiger partial charge in [-0.05, 0) is 56.2 Å². The summed E-state index contributed by atoms with van der Waals surface area (Å²) in [5.41, 5.74) is 4.94. The Morgan fingerprint density at radius 2 is 2.14 bits per heavy atom. The van der Waals surface area contributed by atoms with E-state index in [0.717, 1.165) is 34.5 Å². The molecular weight excluding hydrogens is 264 g/mol. The fourth-order valence-electron chi connectivity index (χ4n) is 2.79. The normalized spacial score (nSPS) is 20.3. The molecule has 1 aromatic rings. The maximum atomic E-state index is 9.84. The first-order valence-corrected chi connectivity index (χ1v) is 7.10. The van der Waals surface area contributed by atoms with Crippen molar-refractivity contribution >= 4 is 11.8 Å². The number of aliphatic hydroxyl groups is 2. The largest absolute Gasteiger partial charge is 0.516 e. The van der Waals surface area contributed by atoms with Crippen molar-refractivity contribution in [2.45, 2.75) is 32.7 Å². The van der Waals surface area contributed by atoms with E-state index in [1.54, 1.807) is 6.08 Å². The topological polar surface area (TPSA) is 68.6 Å². The van der Waals surface area contributed by atoms with Crippen LogP contribution in [0, 0.1) is 6.92 Å². The number of aryl methyl sites for hydroxylation is 1. The summed E-state index contributed by atoms with van der Waals surface area (Å²) in [4.78, 5) is 7.95. The molecule has 0 saturated heterocycles. The van der Waals surface area contributed by atoms with E-state index in [9.17, 15) is 5.11 Å². The monoisotopic (exact) mass is 286 g/mol. The smallest absolute Gasteiger partial charge is 0.0822 e. The quantitative estimate of drug-likeness (QED) is 0.727. The number of aromatic nitrogens is 1. The lowest BCUT2D eigenvalue weighted by Crippen LogP contribution is -2.21. The first-order valence-electron chi connectivity index (χ1n) is 7.10. The minimum absolute atomic E-state index is 0.0199. The first kappa shape index (κ1) is 15.3. The Hall–Kier alpha value is -2.07. The summed E-state index contributed by atoms with van der Waals surface area (Å²) in [6.07, 6.45) is 8.59. The van der Waals surface area contributed by atoms with Crippen molar-refractivity contribution in [1.29, 1.82) is 0 Å². The van der Waals surface area contributed by atoms with Gasteiger partial charge in [-0.25, -0.2) is 0 Å². The standard InChI is InChI=1S/C17H22N2O2/c1-4-5-13-8-11(2)16(18-13)15(10-21)17-12(3)9-14(19-17)6-7-20/h4-9,15-16,19-21H,10H2,1-3H3/b5-4+,7-6+. The van der Waals surface area contributed by atoms with E-state index in [1.807, 2.05) is 39.0 Å². The number of nitrogens with zero attached hydrogens (tertiary/aromatic N) is 1. The van der Waals surface area contributed by atoms with E-state index in [0.29, 0.717) is 0 Å². The van der Waals surface area contributed by atoms with Gasteiger partial charge in [-0.1, -0.05) is 6.08 Å². The van der Waals surface area contributed by atoms with Crippen molar-refractivity contribution in [3.63, 3.8) is 0 Å². The van der Waals surface area contributed by atoms with E-state index in [2.05, 4.69) is 11.1 Å². The molecule has 0 radical (unpaired) electrons. The summed E-state index contributed by atoms with van der Waals surface area (Å²) < 4.78 is 0. The third-order valence-electron chi connectivity index (χ3n) is 3.75. The highest BCUT2D eigenvalue weighted by atomic mass is 16.3. The molecule has 3 N–H and O–H groups in total. The number of rotatable bonds is 5. The molecule has 2 unspecified atom stereocenters. The van der Waals surface area contributed by atoms with Crippen molar-refractivity contribution in [2.24, 2.45) is 4.99 Å². The number of H-pyrrole nitrogens is 1. The number of hydrogen-bond acceptors (Lipinski definition) is 3. The van der Waals surface area contributed by atoms with Crippen molar-refractivity contribution in [1.82, 2.24) is 4.98 Å². The van der Waals surface area contributed by atoms with E-state index in [4.69, 9.17) is 10.1 Å². The van der Waals surface area contributed by atoms with Gasteiger partial charge >= 0.3 is 0 Å². The van der Waals surface area contributed by atoms with Crippen LogP contribution in [0.1, 0.15) is 36.7 Å². The van der Waals surface area contributed by atoms with Crippen LogP contribution in [0.3, 0.4) is 0 Å². The molecule has 0 saturated carbocycles. The first-order chi connectivity index (χ1) is 10.1. The summed E-state index contributed by atoms with van der Waals surface area (Å²) in [5, 5.41) is 18.7. The molecule has 2 rings (SSSR count). The van der Waals surface area contributed by atoms with Crippen molar-refractivity contribution in [2.75, 3.05) is 6.61 Å². The summed E-state index contributed by atoms with van der Waals surface area (Å²) in [7, 11) is 0. The maximum absolute atomic E-state index is 9.84. The fraction of sp³-hybridized carbons (Fsp3) is 0.353. The Balaban J connectivity index is 2.35. The zero-order chi connectivity index (χ0) is 15.4. The number of hydrogen-bond donors (Lipinski definition) is 3. The number of nitrogens with one attached hydrogen (secondary N) is 1. The summed E-state index contributed by atoms with van der Waals surface area (Å²) in [5.74, 6) is -0.107. The number of allylic oxidation sites excluding steroid dienone is 3. The van der Waals surface area contributed by atoms with E-state index >= 15 is 0 Å². The molecule has 1 aliphatic heterocycles. The SMILES string of the molecule is C/C=C/C1=NC(C(CO)c2[nH]c(/C=C/O)cc2C)C(C)=C1. The molecule has 21 heavy (non-hydrogen) atoms. The van der Waals surface area contributed by atoms with Gasteiger partial charge < -0.3 is 15.2 Å². The molecule has 0 spiro atoms. The summed E-state index contributed by atoms with van der Waals surface area (Å²) in [6.45, 7) is 6.02. The summed E-state index contributed by atoms with van der Waals surface area (Å²) >= 11 is 0. The highest BCUT2D eigenvalue weighted by Crippen LogP contribution is 2.31. The Bertz CT molecular complexity index is 621. The van der Waals surface area contributed by atoms with Gasteiger partial charge in [0.25, 0.3) is 0 Å². The van der Waals surface area contributed by atoms with Crippen LogP contribution in [-0.2, 0) is 0 Å². The van der Waals surface area contributed by atoms with Crippen LogP contribution in [0.15, 0.2) is 41.1 Å². The Labute approximate surface area is 125 Å². The van der Waals surface area contributed by atoms with Gasteiger partial charge in [0.05, 0.1) is 24.6 Å². The van der Waals surface area contributed by atoms with Crippen LogP contribution >= 0.6 is 0 Å². The van der Waals surface area contributed by atoms with Gasteiger partial charge in [-0.3, -0.25) is 4.99 Å². The highest BCUT2D eigenvalue weighted by molar-refractivity contribution is 6.06. The van der Waals surface area contributed by atoms with Gasteiger partial charge in [-0.15, -0.1) is 0 Å². The molecule has 0 aromatic carbocycles. The molecule has 2 heterocycles. The van der Waals surface area contributed by atoms with E-state index < -0.39 is 0 Å². The van der Waals surface area contributed by atoms with Crippen molar-refractivity contribution < 1.29 is 10.2 Å². The van der Waals surface area contributed by atoms with Crippen LogP contribution in [0.25, 0.3) is 6.08 Å². The van der Waals surface area contributed by atoms with Crippen LogP contribution in [0.5, 0.6) is 0 Å². The van der Waals surface area contributed by atoms with Crippen LogP contribution < -0.4 is 0 Å². The van der Waals surface area contributed by atoms with E-state index in [1.165, 1.54) is 0 Å². The maximum Gasteiger partial charge on any atom is 0.0822 e. The molecule has 2 atom stereocenters. The molecular formula is C17H22N2O2. The molecule has 4 nitrogen and oxygen atoms in total. The Morgan fingerprint density at radius 1 is 1.38 bits per heavy atom. The molecule has 1 aromatic heterocycles. The second kappa shape index (κ2) is 6.59. The minimum Gasteiger partial charge on any atom is -0.516 e. The third kappa shape index (κ3) is 3.16. The summed E-state index contributed by atoms with van der Waals surface area (Å²) in [6, 6.07) is 1.90. The zero-order valence-electron chi connectivity index (χ0n) is 12.7. The van der Waals surface area contributed by atoms with Gasteiger partial charge in [0.1, 0.15) is 0 Å². The number of aromatic amines is 1. The molecule has 0 fully saturated rings. The lowest BCUT2D eigenvalue weighted by molar-refractivity contribution is 0.253. The minimum atomic E-state index is -0.107. The molecule has 0 bridgehead atoms. The lowest BCUT2D eigenvalue weighted by atomic mass is 9.91. The average Bonchev–Trinajstić information content (AvgIpc) is 2.97. The van der Waals surface area contributed by atoms with Crippen molar-refractivity contribution in [3.05, 3.63) is 53.1 Å². The lowest BCUT2D eigenvalue weighted by Gasteiger charge is -2.21. The van der Waals surface area contributed by atoms with Crippen molar-refractivity contribution in [3.8, 4) is 0 Å². The Kier molecular flexibility index (Phi) is 4.81. The number of aliphatic hydroxyl groups excluding tert-OH is 2. The molecule has 0 aliphatic carbocycles. The van der Waals surface area contributed by atoms with E-state index in [-0.39, 0.29) is 18.6 Å². The van der Waals surface area contributed by atoms with Crippen LogP contribution in [-0.4, -0.2) is 33.6 Å². The fourth-order valence-corrected chi connectivity index (χ4v) is 2.79. The molecule has 112 valence electrons. The highest BCUT2D eigenvalue weighted by Gasteiger charge is 2.29. The zero-order valence-corrected chi connectivity index (χ0v) is 12.7. The van der Waals surface area contributed by atoms with Crippen LogP contribution in [0.4, 0.5) is 0 Å². The molecule has 4 heteroatoms. The van der Waals surface area contributed by atoms with Gasteiger partial charge in [0.2, 0.25) is 0 Å². The second-order valence-corrected chi connectivity index (χ2v) is 5.31. The van der Waals surface area contributed by atoms with Gasteiger partial charge in [0.15, 0.2) is 0 Å². The molecule has 0 amide bonds. The van der Waals surface area contributed by atoms with Gasteiger partial charge in [-0.2, -0.15) is 0 Å². The Morgan fingerprint density at radius 3 is 2.76 bits per heavy atom. The van der Waals surface area contributed by atoms with Crippen LogP contribution in [0.2, 0.25) is 0 Å². The van der Waals surface area contributed by atoms with Gasteiger partial charge in [0, 0.05) is 17.3 Å².